The molecule has 1 heterocycles. The second kappa shape index (κ2) is 11.6. The van der Waals surface area contributed by atoms with Gasteiger partial charge in [-0.3, -0.25) is 14.4 Å². The van der Waals surface area contributed by atoms with Crippen LogP contribution in [0, 0.1) is 12.8 Å². The third kappa shape index (κ3) is 5.85. The summed E-state index contributed by atoms with van der Waals surface area (Å²) < 4.78 is 0. The second-order valence-electron chi connectivity index (χ2n) is 10.3. The van der Waals surface area contributed by atoms with Crippen LogP contribution < -0.4 is 10.2 Å². The minimum absolute atomic E-state index is 0.0183. The summed E-state index contributed by atoms with van der Waals surface area (Å²) in [5.41, 5.74) is 3.76. The van der Waals surface area contributed by atoms with E-state index in [1.807, 2.05) is 74.5 Å². The van der Waals surface area contributed by atoms with E-state index < -0.39 is 6.04 Å². The Morgan fingerprint density at radius 2 is 1.70 bits per heavy atom. The molecule has 0 spiro atoms. The van der Waals surface area contributed by atoms with Gasteiger partial charge in [-0.15, -0.1) is 0 Å². The van der Waals surface area contributed by atoms with Crippen molar-refractivity contribution >= 4 is 34.2 Å². The Hall–Kier alpha value is -3.67. The van der Waals surface area contributed by atoms with Gasteiger partial charge in [0.25, 0.3) is 5.91 Å². The monoisotopic (exact) mass is 499 g/mol. The van der Waals surface area contributed by atoms with Crippen LogP contribution >= 0.6 is 0 Å². The van der Waals surface area contributed by atoms with Gasteiger partial charge in [-0.05, 0) is 48.8 Å². The van der Waals surface area contributed by atoms with Crippen molar-refractivity contribution in [1.82, 2.24) is 10.2 Å². The van der Waals surface area contributed by atoms with Crippen LogP contribution in [0.2, 0.25) is 0 Å². The number of hydrogen-bond acceptors (Lipinski definition) is 3. The zero-order valence-corrected chi connectivity index (χ0v) is 22.3. The second-order valence-corrected chi connectivity index (χ2v) is 10.3. The molecule has 0 saturated carbocycles. The van der Waals surface area contributed by atoms with Crippen LogP contribution in [0.1, 0.15) is 61.5 Å². The van der Waals surface area contributed by atoms with Gasteiger partial charge in [0.2, 0.25) is 11.8 Å². The molecule has 1 atom stereocenters. The zero-order chi connectivity index (χ0) is 26.5. The Morgan fingerprint density at radius 1 is 1.00 bits per heavy atom. The molecule has 0 aliphatic carbocycles. The van der Waals surface area contributed by atoms with Crippen LogP contribution in [-0.4, -0.2) is 41.8 Å². The van der Waals surface area contributed by atoms with Gasteiger partial charge in [-0.2, -0.15) is 0 Å². The molecule has 1 aliphatic heterocycles. The summed E-state index contributed by atoms with van der Waals surface area (Å²) in [5, 5.41) is 5.03. The van der Waals surface area contributed by atoms with E-state index in [1.54, 1.807) is 9.80 Å². The van der Waals surface area contributed by atoms with Gasteiger partial charge in [0, 0.05) is 37.0 Å². The van der Waals surface area contributed by atoms with E-state index in [4.69, 9.17) is 0 Å². The lowest BCUT2D eigenvalue weighted by molar-refractivity contribution is -0.141. The number of anilines is 1. The number of carbonyl (C=O) groups is 3. The third-order valence-electron chi connectivity index (χ3n) is 6.97. The van der Waals surface area contributed by atoms with E-state index in [0.29, 0.717) is 44.0 Å². The molecule has 37 heavy (non-hydrogen) atoms. The number of amides is 3. The number of rotatable bonds is 11. The van der Waals surface area contributed by atoms with Crippen LogP contribution in [0.25, 0.3) is 10.8 Å². The summed E-state index contributed by atoms with van der Waals surface area (Å²) in [7, 11) is 0. The van der Waals surface area contributed by atoms with E-state index in [0.717, 1.165) is 27.6 Å². The van der Waals surface area contributed by atoms with E-state index in [1.165, 1.54) is 0 Å². The Kier molecular flexibility index (Phi) is 8.27. The fourth-order valence-corrected chi connectivity index (χ4v) is 4.97. The maximum atomic E-state index is 13.6. The first-order chi connectivity index (χ1) is 17.8. The summed E-state index contributed by atoms with van der Waals surface area (Å²) in [6, 6.07) is 19.3. The molecular weight excluding hydrogens is 462 g/mol. The van der Waals surface area contributed by atoms with Crippen molar-refractivity contribution in [2.24, 2.45) is 5.92 Å². The molecule has 0 saturated heterocycles. The van der Waals surface area contributed by atoms with Crippen molar-refractivity contribution in [3.8, 4) is 0 Å². The quantitative estimate of drug-likeness (QED) is 0.380. The first kappa shape index (κ1) is 26.4. The van der Waals surface area contributed by atoms with Crippen molar-refractivity contribution in [2.45, 2.75) is 59.5 Å². The van der Waals surface area contributed by atoms with Crippen LogP contribution in [-0.2, 0) is 16.1 Å². The fourth-order valence-electron chi connectivity index (χ4n) is 4.97. The molecule has 0 bridgehead atoms. The number of nitrogens with one attached hydrogen (secondary N) is 1. The Bertz CT molecular complexity index is 1280. The first-order valence-electron chi connectivity index (χ1n) is 13.3. The lowest BCUT2D eigenvalue weighted by Crippen LogP contribution is -2.49. The van der Waals surface area contributed by atoms with Gasteiger partial charge in [-0.1, -0.05) is 74.9 Å². The molecule has 1 aliphatic rings. The number of benzene rings is 3. The van der Waals surface area contributed by atoms with Crippen LogP contribution in [0.4, 0.5) is 5.69 Å². The molecule has 0 aromatic heterocycles. The maximum absolute atomic E-state index is 13.6. The predicted octanol–water partition coefficient (Wildman–Crippen LogP) is 5.47. The van der Waals surface area contributed by atoms with Gasteiger partial charge >= 0.3 is 0 Å². The summed E-state index contributed by atoms with van der Waals surface area (Å²) in [6.45, 7) is 9.47. The van der Waals surface area contributed by atoms with Gasteiger partial charge in [0.1, 0.15) is 6.04 Å². The van der Waals surface area contributed by atoms with Crippen molar-refractivity contribution in [2.75, 3.05) is 18.0 Å². The van der Waals surface area contributed by atoms with Crippen LogP contribution in [0.5, 0.6) is 0 Å². The highest BCUT2D eigenvalue weighted by Gasteiger charge is 2.31. The molecule has 0 unspecified atom stereocenters. The van der Waals surface area contributed by atoms with Gasteiger partial charge < -0.3 is 15.1 Å². The van der Waals surface area contributed by atoms with Gasteiger partial charge in [0.05, 0.1) is 5.69 Å². The summed E-state index contributed by atoms with van der Waals surface area (Å²) in [6.07, 6.45) is 1.31. The molecule has 6 nitrogen and oxygen atoms in total. The number of nitrogens with zero attached hydrogens (tertiary/aromatic N) is 2. The highest BCUT2D eigenvalue weighted by atomic mass is 16.2. The maximum Gasteiger partial charge on any atom is 0.258 e. The minimum atomic E-state index is -0.543. The molecule has 3 amide bonds. The van der Waals surface area contributed by atoms with E-state index in [-0.39, 0.29) is 24.1 Å². The van der Waals surface area contributed by atoms with E-state index >= 15 is 0 Å². The average Bonchev–Trinajstić information content (AvgIpc) is 3.16. The topological polar surface area (TPSA) is 69.7 Å². The number of carbonyl (C=O) groups excluding carboxylic acids is 3. The standard InChI is InChI=1S/C31H37N3O3/c1-5-26(30(36)32-19-21(2)3)34(20-23-16-14-22(4)15-17-23)28(35)13-8-18-33-27-12-7-10-24-9-6-11-25(29(24)27)31(33)37/h6-7,9-12,14-17,21,26H,5,8,13,18-20H2,1-4H3,(H,32,36)/t26-/m0/s1. The predicted molar refractivity (Wildman–Crippen MR) is 149 cm³/mol. The van der Waals surface area contributed by atoms with Crippen LogP contribution in [0.15, 0.2) is 60.7 Å². The zero-order valence-electron chi connectivity index (χ0n) is 22.3. The minimum Gasteiger partial charge on any atom is -0.354 e. The fraction of sp³-hybridized carbons (Fsp3) is 0.387. The Labute approximate surface area is 219 Å². The van der Waals surface area contributed by atoms with E-state index in [2.05, 4.69) is 19.2 Å². The normalized spacial score (nSPS) is 13.3. The molecule has 4 rings (SSSR count). The molecule has 6 heteroatoms. The third-order valence-corrected chi connectivity index (χ3v) is 6.97. The molecule has 0 fully saturated rings. The van der Waals surface area contributed by atoms with Gasteiger partial charge in [0.15, 0.2) is 0 Å². The van der Waals surface area contributed by atoms with Crippen molar-refractivity contribution in [3.63, 3.8) is 0 Å². The highest BCUT2D eigenvalue weighted by Crippen LogP contribution is 2.37. The largest absolute Gasteiger partial charge is 0.354 e. The van der Waals surface area contributed by atoms with Gasteiger partial charge in [-0.25, -0.2) is 0 Å². The average molecular weight is 500 g/mol. The lowest BCUT2D eigenvalue weighted by Gasteiger charge is -2.31. The SMILES string of the molecule is CC[C@@H](C(=O)NCC(C)C)N(Cc1ccc(C)cc1)C(=O)CCCN1C(=O)c2cccc3cccc1c23. The number of hydrogen-bond donors (Lipinski definition) is 1. The highest BCUT2D eigenvalue weighted by molar-refractivity contribution is 6.25. The molecule has 0 radical (unpaired) electrons. The first-order valence-corrected chi connectivity index (χ1v) is 13.3. The molecule has 1 N–H and O–H groups in total. The molecular formula is C31H37N3O3. The van der Waals surface area contributed by atoms with Crippen LogP contribution in [0.3, 0.4) is 0 Å². The lowest BCUT2D eigenvalue weighted by atomic mass is 10.1. The molecule has 3 aromatic carbocycles. The van der Waals surface area contributed by atoms with Crippen molar-refractivity contribution in [1.29, 1.82) is 0 Å². The smallest absolute Gasteiger partial charge is 0.258 e. The summed E-state index contributed by atoms with van der Waals surface area (Å²) in [4.78, 5) is 43.2. The summed E-state index contributed by atoms with van der Waals surface area (Å²) >= 11 is 0. The van der Waals surface area contributed by atoms with E-state index in [9.17, 15) is 14.4 Å². The molecule has 3 aromatic rings. The van der Waals surface area contributed by atoms with Crippen molar-refractivity contribution in [3.05, 3.63) is 77.4 Å². The summed E-state index contributed by atoms with van der Waals surface area (Å²) in [5.74, 6) is 0.118. The number of aryl methyl sites for hydroxylation is 1. The molecule has 194 valence electrons. The van der Waals surface area contributed by atoms with Crippen molar-refractivity contribution < 1.29 is 14.4 Å². The Morgan fingerprint density at radius 3 is 2.38 bits per heavy atom. The Balaban J connectivity index is 1.47.